The topological polar surface area (TPSA) is 55.3 Å². The number of ether oxygens (including phenoxy) is 1. The van der Waals surface area contributed by atoms with Gasteiger partial charge in [0.1, 0.15) is 15.6 Å². The molecule has 0 aliphatic heterocycles. The molecule has 0 saturated heterocycles. The van der Waals surface area contributed by atoms with E-state index in [1.807, 2.05) is 50.5 Å². The average Bonchev–Trinajstić information content (AvgIpc) is 3.28. The Morgan fingerprint density at radius 2 is 1.93 bits per heavy atom. The number of nitrogens with zero attached hydrogens (tertiary/aromatic N) is 3. The third kappa shape index (κ3) is 4.54. The van der Waals surface area contributed by atoms with Gasteiger partial charge in [-0.2, -0.15) is 0 Å². The number of thiazole rings is 2. The normalized spacial score (nSPS) is 10.8. The summed E-state index contributed by atoms with van der Waals surface area (Å²) in [6.07, 6.45) is 0.918. The quantitative estimate of drug-likeness (QED) is 0.570. The van der Waals surface area contributed by atoms with Gasteiger partial charge >= 0.3 is 0 Å². The lowest BCUT2D eigenvalue weighted by Crippen LogP contribution is -2.26. The summed E-state index contributed by atoms with van der Waals surface area (Å²) in [6.45, 7) is 7.07. The Hall–Kier alpha value is -2.25. The Kier molecular flexibility index (Phi) is 6.23. The van der Waals surface area contributed by atoms with Crippen LogP contribution in [0.15, 0.2) is 29.6 Å². The molecule has 0 bridgehead atoms. The van der Waals surface area contributed by atoms with Crippen LogP contribution in [-0.4, -0.2) is 34.4 Å². The molecule has 142 valence electrons. The van der Waals surface area contributed by atoms with Crippen LogP contribution >= 0.6 is 22.7 Å². The molecule has 0 radical (unpaired) electrons. The van der Waals surface area contributed by atoms with Gasteiger partial charge in [-0.3, -0.25) is 4.79 Å². The number of hydrogen-bond donors (Lipinski definition) is 0. The third-order valence-electron chi connectivity index (χ3n) is 4.05. The van der Waals surface area contributed by atoms with Gasteiger partial charge in [-0.25, -0.2) is 9.97 Å². The van der Waals surface area contributed by atoms with Gasteiger partial charge in [0.2, 0.25) is 0 Å². The highest BCUT2D eigenvalue weighted by Gasteiger charge is 2.20. The molecule has 0 fully saturated rings. The molecule has 3 aromatic rings. The van der Waals surface area contributed by atoms with Crippen LogP contribution in [-0.2, 0) is 13.0 Å². The van der Waals surface area contributed by atoms with Gasteiger partial charge in [0, 0.05) is 18.0 Å². The molecule has 2 heterocycles. The summed E-state index contributed by atoms with van der Waals surface area (Å²) in [5.74, 6) is 0.813. The van der Waals surface area contributed by atoms with E-state index in [1.165, 1.54) is 11.3 Å². The van der Waals surface area contributed by atoms with Crippen molar-refractivity contribution in [1.29, 1.82) is 0 Å². The molecular formula is C20H23N3O2S2. The molecule has 7 heteroatoms. The molecule has 27 heavy (non-hydrogen) atoms. The smallest absolute Gasteiger partial charge is 0.265 e. The first-order valence-corrected chi connectivity index (χ1v) is 10.6. The van der Waals surface area contributed by atoms with Gasteiger partial charge in [-0.15, -0.1) is 22.7 Å². The predicted molar refractivity (Wildman–Crippen MR) is 111 cm³/mol. The van der Waals surface area contributed by atoms with Crippen LogP contribution in [0.3, 0.4) is 0 Å². The van der Waals surface area contributed by atoms with Crippen molar-refractivity contribution in [1.82, 2.24) is 14.9 Å². The fourth-order valence-electron chi connectivity index (χ4n) is 2.65. The molecule has 0 unspecified atom stereocenters. The molecule has 0 N–H and O–H groups in total. The fraction of sp³-hybridized carbons (Fsp3) is 0.350. The number of benzene rings is 1. The second-order valence-electron chi connectivity index (χ2n) is 6.14. The number of rotatable bonds is 7. The second-order valence-corrected chi connectivity index (χ2v) is 8.08. The van der Waals surface area contributed by atoms with Crippen molar-refractivity contribution < 1.29 is 9.53 Å². The largest absolute Gasteiger partial charge is 0.494 e. The highest BCUT2D eigenvalue weighted by Crippen LogP contribution is 2.30. The first-order valence-electron chi connectivity index (χ1n) is 8.91. The number of carbonyl (C=O) groups excluding carboxylic acids is 1. The first-order chi connectivity index (χ1) is 13.0. The van der Waals surface area contributed by atoms with Crippen molar-refractivity contribution in [2.75, 3.05) is 13.7 Å². The Morgan fingerprint density at radius 1 is 1.19 bits per heavy atom. The van der Waals surface area contributed by atoms with E-state index in [1.54, 1.807) is 16.2 Å². The molecule has 1 amide bonds. The molecule has 0 aliphatic rings. The highest BCUT2D eigenvalue weighted by atomic mass is 32.1. The van der Waals surface area contributed by atoms with E-state index in [-0.39, 0.29) is 5.91 Å². The third-order valence-corrected chi connectivity index (χ3v) is 6.29. The van der Waals surface area contributed by atoms with E-state index >= 15 is 0 Å². The Labute approximate surface area is 167 Å². The number of aryl methyl sites for hydroxylation is 2. The summed E-state index contributed by atoms with van der Waals surface area (Å²) in [5, 5.41) is 3.96. The predicted octanol–water partition coefficient (Wildman–Crippen LogP) is 4.81. The lowest BCUT2D eigenvalue weighted by molar-refractivity contribution is 0.0787. The molecule has 0 aliphatic carbocycles. The summed E-state index contributed by atoms with van der Waals surface area (Å²) < 4.78 is 5.48. The zero-order valence-corrected chi connectivity index (χ0v) is 17.6. The van der Waals surface area contributed by atoms with Crippen LogP contribution < -0.4 is 4.74 Å². The molecule has 0 saturated carbocycles. The second kappa shape index (κ2) is 8.63. The monoisotopic (exact) mass is 401 g/mol. The van der Waals surface area contributed by atoms with Crippen molar-refractivity contribution >= 4 is 28.6 Å². The van der Waals surface area contributed by atoms with Gasteiger partial charge in [-0.05, 0) is 44.5 Å². The first kappa shape index (κ1) is 19.5. The summed E-state index contributed by atoms with van der Waals surface area (Å²) in [6, 6.07) is 7.80. The highest BCUT2D eigenvalue weighted by molar-refractivity contribution is 7.17. The van der Waals surface area contributed by atoms with Crippen molar-refractivity contribution in [3.63, 3.8) is 0 Å². The van der Waals surface area contributed by atoms with E-state index in [0.717, 1.165) is 39.1 Å². The van der Waals surface area contributed by atoms with Gasteiger partial charge in [0.15, 0.2) is 0 Å². The van der Waals surface area contributed by atoms with Gasteiger partial charge in [0.25, 0.3) is 5.91 Å². The molecule has 5 nitrogen and oxygen atoms in total. The van der Waals surface area contributed by atoms with Crippen LogP contribution in [0.4, 0.5) is 0 Å². The van der Waals surface area contributed by atoms with Gasteiger partial charge < -0.3 is 9.64 Å². The summed E-state index contributed by atoms with van der Waals surface area (Å²) in [4.78, 5) is 24.4. The summed E-state index contributed by atoms with van der Waals surface area (Å²) in [5.41, 5.74) is 2.68. The van der Waals surface area contributed by atoms with Crippen LogP contribution in [0.5, 0.6) is 5.75 Å². The Morgan fingerprint density at radius 3 is 2.56 bits per heavy atom. The lowest BCUT2D eigenvalue weighted by atomic mass is 10.2. The molecular weight excluding hydrogens is 378 g/mol. The van der Waals surface area contributed by atoms with E-state index < -0.39 is 0 Å². The zero-order chi connectivity index (χ0) is 19.4. The molecule has 2 aromatic heterocycles. The SMILES string of the molecule is CCOc1ccc(-c2nc(C)c(C(=O)N(C)Cc3csc(CC)n3)s2)cc1. The standard InChI is InChI=1S/C20H23N3O2S2/c1-5-17-22-15(12-26-17)11-23(4)20(24)18-13(3)21-19(27-18)14-7-9-16(10-8-14)25-6-2/h7-10,12H,5-6,11H2,1-4H3. The number of aromatic nitrogens is 2. The maximum Gasteiger partial charge on any atom is 0.265 e. The van der Waals surface area contributed by atoms with Crippen molar-refractivity contribution in [2.45, 2.75) is 33.7 Å². The molecule has 1 aromatic carbocycles. The van der Waals surface area contributed by atoms with Crippen molar-refractivity contribution in [2.24, 2.45) is 0 Å². The fourth-order valence-corrected chi connectivity index (χ4v) is 4.45. The minimum absolute atomic E-state index is 0.0202. The van der Waals surface area contributed by atoms with Crippen LogP contribution in [0.1, 0.15) is 39.9 Å². The van der Waals surface area contributed by atoms with E-state index in [4.69, 9.17) is 4.74 Å². The maximum atomic E-state index is 12.9. The minimum Gasteiger partial charge on any atom is -0.494 e. The zero-order valence-electron chi connectivity index (χ0n) is 16.0. The molecule has 0 spiro atoms. The van der Waals surface area contributed by atoms with Crippen molar-refractivity contribution in [3.8, 4) is 16.3 Å². The number of amides is 1. The molecule has 3 rings (SSSR count). The summed E-state index contributed by atoms with van der Waals surface area (Å²) >= 11 is 3.07. The van der Waals surface area contributed by atoms with E-state index in [0.29, 0.717) is 18.0 Å². The molecule has 0 atom stereocenters. The van der Waals surface area contributed by atoms with Crippen LogP contribution in [0.2, 0.25) is 0 Å². The summed E-state index contributed by atoms with van der Waals surface area (Å²) in [7, 11) is 1.81. The maximum absolute atomic E-state index is 12.9. The Bertz CT molecular complexity index is 916. The minimum atomic E-state index is -0.0202. The number of carbonyl (C=O) groups is 1. The van der Waals surface area contributed by atoms with E-state index in [9.17, 15) is 4.79 Å². The van der Waals surface area contributed by atoms with Gasteiger partial charge in [0.05, 0.1) is 29.5 Å². The van der Waals surface area contributed by atoms with E-state index in [2.05, 4.69) is 16.9 Å². The van der Waals surface area contributed by atoms with Crippen LogP contribution in [0.25, 0.3) is 10.6 Å². The van der Waals surface area contributed by atoms with Gasteiger partial charge in [-0.1, -0.05) is 6.92 Å². The Balaban J connectivity index is 1.75. The van der Waals surface area contributed by atoms with Crippen molar-refractivity contribution in [3.05, 3.63) is 50.9 Å². The average molecular weight is 402 g/mol. The van der Waals surface area contributed by atoms with Crippen LogP contribution in [0, 0.1) is 6.92 Å². The number of hydrogen-bond acceptors (Lipinski definition) is 6. The lowest BCUT2D eigenvalue weighted by Gasteiger charge is -2.14.